The van der Waals surface area contributed by atoms with Gasteiger partial charge in [0.25, 0.3) is 0 Å². The SMILES string of the molecule is [O-][S+](C1CCC1)C(F)(F)F. The highest BCUT2D eigenvalue weighted by molar-refractivity contribution is 7.92. The highest BCUT2D eigenvalue weighted by atomic mass is 32.2. The Bertz CT molecular complexity index is 121. The van der Waals surface area contributed by atoms with Crippen LogP contribution in [0.5, 0.6) is 0 Å². The number of alkyl halides is 3. The normalized spacial score (nSPS) is 24.0. The van der Waals surface area contributed by atoms with Crippen molar-refractivity contribution in [3.8, 4) is 0 Å². The second kappa shape index (κ2) is 2.62. The lowest BCUT2D eigenvalue weighted by molar-refractivity contribution is -0.0451. The Morgan fingerprint density at radius 1 is 1.30 bits per heavy atom. The zero-order chi connectivity index (χ0) is 7.78. The maximum Gasteiger partial charge on any atom is 0.572 e. The molecule has 0 saturated heterocycles. The van der Waals surface area contributed by atoms with Crippen molar-refractivity contribution < 1.29 is 17.7 Å². The van der Waals surface area contributed by atoms with Crippen LogP contribution in [0.3, 0.4) is 0 Å². The molecule has 1 rings (SSSR count). The van der Waals surface area contributed by atoms with E-state index in [-0.39, 0.29) is 0 Å². The molecule has 1 aliphatic carbocycles. The van der Waals surface area contributed by atoms with E-state index >= 15 is 0 Å². The Morgan fingerprint density at radius 3 is 1.90 bits per heavy atom. The van der Waals surface area contributed by atoms with E-state index in [1.807, 2.05) is 0 Å². The quantitative estimate of drug-likeness (QED) is 0.553. The Labute approximate surface area is 59.8 Å². The van der Waals surface area contributed by atoms with Crippen LogP contribution < -0.4 is 0 Å². The van der Waals surface area contributed by atoms with Crippen molar-refractivity contribution in [2.75, 3.05) is 0 Å². The minimum Gasteiger partial charge on any atom is -0.609 e. The summed E-state index contributed by atoms with van der Waals surface area (Å²) in [5, 5.41) is -0.611. The molecular weight excluding hydrogens is 165 g/mol. The molecule has 0 bridgehead atoms. The van der Waals surface area contributed by atoms with E-state index < -0.39 is 21.9 Å². The first-order valence-electron chi connectivity index (χ1n) is 2.99. The lowest BCUT2D eigenvalue weighted by atomic mass is 10.0. The van der Waals surface area contributed by atoms with Crippen molar-refractivity contribution >= 4 is 11.2 Å². The van der Waals surface area contributed by atoms with Crippen LogP contribution in [0.2, 0.25) is 0 Å². The highest BCUT2D eigenvalue weighted by Gasteiger charge is 2.50. The molecule has 1 fully saturated rings. The third-order valence-corrected chi connectivity index (χ3v) is 3.12. The minimum atomic E-state index is -4.49. The van der Waals surface area contributed by atoms with Crippen molar-refractivity contribution in [2.45, 2.75) is 30.0 Å². The molecule has 0 heterocycles. The summed E-state index contributed by atoms with van der Waals surface area (Å²) in [6.07, 6.45) is 1.71. The van der Waals surface area contributed by atoms with Crippen LogP contribution in [-0.2, 0) is 11.2 Å². The van der Waals surface area contributed by atoms with Gasteiger partial charge in [0.05, 0.1) is 11.2 Å². The summed E-state index contributed by atoms with van der Waals surface area (Å²) in [5.41, 5.74) is -4.49. The highest BCUT2D eigenvalue weighted by Crippen LogP contribution is 2.36. The number of hydrogen-bond donors (Lipinski definition) is 0. The fraction of sp³-hybridized carbons (Fsp3) is 1.00. The summed E-state index contributed by atoms with van der Waals surface area (Å²) in [7, 11) is 0. The van der Waals surface area contributed by atoms with Crippen molar-refractivity contribution in [1.29, 1.82) is 0 Å². The predicted molar refractivity (Wildman–Crippen MR) is 31.8 cm³/mol. The van der Waals surface area contributed by atoms with E-state index in [0.717, 1.165) is 6.42 Å². The smallest absolute Gasteiger partial charge is 0.572 e. The average molecular weight is 172 g/mol. The van der Waals surface area contributed by atoms with Gasteiger partial charge in [-0.1, -0.05) is 0 Å². The lowest BCUT2D eigenvalue weighted by Gasteiger charge is -2.28. The molecule has 1 saturated carbocycles. The van der Waals surface area contributed by atoms with Gasteiger partial charge in [0, 0.05) is 0 Å². The summed E-state index contributed by atoms with van der Waals surface area (Å²) >= 11 is -2.60. The Balaban J connectivity index is 2.39. The fourth-order valence-electron chi connectivity index (χ4n) is 0.774. The molecule has 0 aromatic heterocycles. The van der Waals surface area contributed by atoms with Crippen LogP contribution in [0.25, 0.3) is 0 Å². The van der Waals surface area contributed by atoms with Crippen molar-refractivity contribution in [1.82, 2.24) is 0 Å². The standard InChI is InChI=1S/C5H7F3OS/c6-5(7,8)10(9)4-2-1-3-4/h4H,1-3H2. The third-order valence-electron chi connectivity index (χ3n) is 1.58. The van der Waals surface area contributed by atoms with Gasteiger partial charge in [-0.3, -0.25) is 0 Å². The van der Waals surface area contributed by atoms with Gasteiger partial charge in [0.1, 0.15) is 5.25 Å². The molecule has 0 spiro atoms. The molecule has 1 aliphatic rings. The molecule has 60 valence electrons. The molecule has 0 N–H and O–H groups in total. The topological polar surface area (TPSA) is 23.1 Å². The molecule has 10 heavy (non-hydrogen) atoms. The van der Waals surface area contributed by atoms with E-state index in [9.17, 15) is 17.7 Å². The monoisotopic (exact) mass is 172 g/mol. The summed E-state index contributed by atoms with van der Waals surface area (Å²) in [6, 6.07) is 0. The Hall–Kier alpha value is 0.100. The summed E-state index contributed by atoms with van der Waals surface area (Å²) in [5.74, 6) is 0. The second-order valence-corrected chi connectivity index (χ2v) is 4.02. The minimum absolute atomic E-state index is 0.464. The van der Waals surface area contributed by atoms with E-state index in [0.29, 0.717) is 12.8 Å². The van der Waals surface area contributed by atoms with Gasteiger partial charge in [-0.2, -0.15) is 0 Å². The average Bonchev–Trinajstić information content (AvgIpc) is 1.57. The van der Waals surface area contributed by atoms with Gasteiger partial charge < -0.3 is 4.55 Å². The Kier molecular flexibility index (Phi) is 2.15. The lowest BCUT2D eigenvalue weighted by Crippen LogP contribution is -2.38. The second-order valence-electron chi connectivity index (χ2n) is 2.30. The first-order valence-corrected chi connectivity index (χ1v) is 4.20. The number of halogens is 3. The molecule has 5 heteroatoms. The van der Waals surface area contributed by atoms with E-state index in [2.05, 4.69) is 0 Å². The maximum atomic E-state index is 11.6. The number of rotatable bonds is 1. The summed E-state index contributed by atoms with van der Waals surface area (Å²) in [6.45, 7) is 0. The van der Waals surface area contributed by atoms with Crippen molar-refractivity contribution in [2.24, 2.45) is 0 Å². The van der Waals surface area contributed by atoms with Gasteiger partial charge in [-0.25, -0.2) is 0 Å². The fourth-order valence-corrected chi connectivity index (χ4v) is 1.91. The molecule has 1 atom stereocenters. The third kappa shape index (κ3) is 1.58. The molecule has 1 nitrogen and oxygen atoms in total. The van der Waals surface area contributed by atoms with Gasteiger partial charge >= 0.3 is 5.51 Å². The van der Waals surface area contributed by atoms with Crippen LogP contribution in [0.15, 0.2) is 0 Å². The van der Waals surface area contributed by atoms with Gasteiger partial charge in [0.2, 0.25) is 0 Å². The van der Waals surface area contributed by atoms with Crippen molar-refractivity contribution in [3.63, 3.8) is 0 Å². The van der Waals surface area contributed by atoms with Gasteiger partial charge in [-0.05, 0) is 19.3 Å². The molecule has 1 unspecified atom stereocenters. The van der Waals surface area contributed by atoms with Crippen LogP contribution in [-0.4, -0.2) is 15.3 Å². The zero-order valence-electron chi connectivity index (χ0n) is 5.15. The maximum absolute atomic E-state index is 11.6. The number of hydrogen-bond acceptors (Lipinski definition) is 1. The summed E-state index contributed by atoms with van der Waals surface area (Å²) in [4.78, 5) is 0. The van der Waals surface area contributed by atoms with Gasteiger partial charge in [-0.15, -0.1) is 13.2 Å². The van der Waals surface area contributed by atoms with Gasteiger partial charge in [0.15, 0.2) is 0 Å². The largest absolute Gasteiger partial charge is 0.609 e. The molecule has 0 amide bonds. The van der Waals surface area contributed by atoms with E-state index in [4.69, 9.17) is 0 Å². The molecule has 0 aromatic carbocycles. The predicted octanol–water partition coefficient (Wildman–Crippen LogP) is 1.81. The van der Waals surface area contributed by atoms with Crippen molar-refractivity contribution in [3.05, 3.63) is 0 Å². The first-order chi connectivity index (χ1) is 4.52. The van der Waals surface area contributed by atoms with Crippen LogP contribution in [0, 0.1) is 0 Å². The van der Waals surface area contributed by atoms with E-state index in [1.54, 1.807) is 0 Å². The van der Waals surface area contributed by atoms with Crippen LogP contribution in [0.1, 0.15) is 19.3 Å². The summed E-state index contributed by atoms with van der Waals surface area (Å²) < 4.78 is 45.3. The first kappa shape index (κ1) is 8.20. The van der Waals surface area contributed by atoms with Crippen LogP contribution >= 0.6 is 0 Å². The van der Waals surface area contributed by atoms with E-state index in [1.165, 1.54) is 0 Å². The molecular formula is C5H7F3OS. The zero-order valence-corrected chi connectivity index (χ0v) is 5.97. The van der Waals surface area contributed by atoms with Crippen LogP contribution in [0.4, 0.5) is 13.2 Å². The molecule has 0 aromatic rings. The molecule has 0 radical (unpaired) electrons. The molecule has 0 aliphatic heterocycles. The Morgan fingerprint density at radius 2 is 1.80 bits per heavy atom.